The summed E-state index contributed by atoms with van der Waals surface area (Å²) in [6.45, 7) is 3.83. The third kappa shape index (κ3) is 4.92. The third-order valence-corrected chi connectivity index (χ3v) is 5.79. The smallest absolute Gasteiger partial charge is 0.338 e. The second kappa shape index (κ2) is 9.63. The predicted molar refractivity (Wildman–Crippen MR) is 117 cm³/mol. The van der Waals surface area contributed by atoms with Crippen LogP contribution < -0.4 is 10.2 Å². The number of piperazine rings is 1. The van der Waals surface area contributed by atoms with Crippen molar-refractivity contribution in [3.63, 3.8) is 0 Å². The highest BCUT2D eigenvalue weighted by molar-refractivity contribution is 7.80. The van der Waals surface area contributed by atoms with Crippen molar-refractivity contribution in [2.45, 2.75) is 6.92 Å². The van der Waals surface area contributed by atoms with Gasteiger partial charge in [0.2, 0.25) is 0 Å². The fourth-order valence-corrected chi connectivity index (χ4v) is 3.97. The number of thiocarbonyl (C=S) groups is 1. The Kier molecular flexibility index (Phi) is 6.95. The Labute approximate surface area is 182 Å². The number of carbonyl (C=O) groups excluding carboxylic acids is 2. The number of hydrogen-bond donors (Lipinski definition) is 1. The molecule has 1 aliphatic heterocycles. The molecule has 0 spiro atoms. The normalized spacial score (nSPS) is 13.6. The van der Waals surface area contributed by atoms with E-state index in [4.69, 9.17) is 17.0 Å². The first-order chi connectivity index (χ1) is 14.4. The van der Waals surface area contributed by atoms with Crippen molar-refractivity contribution >= 4 is 51.9 Å². The number of rotatable bonds is 5. The number of benzene rings is 1. The number of esters is 1. The fraction of sp³-hybridized carbons (Fsp3) is 0.316. The zero-order valence-electron chi connectivity index (χ0n) is 16.2. The standard InChI is InChI=1S/C19H20N4O5S2/c1-2-28-18(25)13-5-6-14(15(12-13)23(26)27)21-7-9-22(10-8-21)19(29)20-17(24)16-4-3-11-30-16/h3-6,11-12H,2,7-10H2,1H3,(H,20,24,29). The van der Waals surface area contributed by atoms with Gasteiger partial charge < -0.3 is 14.5 Å². The maximum atomic E-state index is 12.2. The van der Waals surface area contributed by atoms with Crippen molar-refractivity contribution in [1.82, 2.24) is 10.2 Å². The zero-order chi connectivity index (χ0) is 21.7. The molecule has 1 N–H and O–H groups in total. The number of nitro groups is 1. The first-order valence-corrected chi connectivity index (χ1v) is 10.5. The lowest BCUT2D eigenvalue weighted by atomic mass is 10.1. The van der Waals surface area contributed by atoms with Gasteiger partial charge in [0.05, 0.1) is 22.0 Å². The number of amides is 1. The molecule has 0 unspecified atom stereocenters. The van der Waals surface area contributed by atoms with Gasteiger partial charge in [-0.25, -0.2) is 4.79 Å². The summed E-state index contributed by atoms with van der Waals surface area (Å²) >= 11 is 6.67. The summed E-state index contributed by atoms with van der Waals surface area (Å²) in [6.07, 6.45) is 0. The Morgan fingerprint density at radius 3 is 2.60 bits per heavy atom. The van der Waals surface area contributed by atoms with Crippen LogP contribution in [0.15, 0.2) is 35.7 Å². The van der Waals surface area contributed by atoms with E-state index in [0.717, 1.165) is 0 Å². The molecule has 9 nitrogen and oxygen atoms in total. The Morgan fingerprint density at radius 2 is 2.00 bits per heavy atom. The molecule has 0 radical (unpaired) electrons. The topological polar surface area (TPSA) is 105 Å². The lowest BCUT2D eigenvalue weighted by Crippen LogP contribution is -2.52. The van der Waals surface area contributed by atoms with E-state index in [1.807, 2.05) is 15.2 Å². The lowest BCUT2D eigenvalue weighted by Gasteiger charge is -2.36. The Hall–Kier alpha value is -3.05. The number of anilines is 1. The Bertz CT molecular complexity index is 956. The van der Waals surface area contributed by atoms with Gasteiger partial charge in [0.15, 0.2) is 5.11 Å². The minimum absolute atomic E-state index is 0.142. The highest BCUT2D eigenvalue weighted by Gasteiger charge is 2.26. The molecule has 30 heavy (non-hydrogen) atoms. The molecule has 0 atom stereocenters. The van der Waals surface area contributed by atoms with E-state index in [1.54, 1.807) is 25.1 Å². The molecule has 1 aromatic carbocycles. The van der Waals surface area contributed by atoms with Crippen LogP contribution in [0.4, 0.5) is 11.4 Å². The molecule has 1 aromatic heterocycles. The maximum Gasteiger partial charge on any atom is 0.338 e. The first-order valence-electron chi connectivity index (χ1n) is 9.25. The van der Waals surface area contributed by atoms with Gasteiger partial charge in [0.1, 0.15) is 5.69 Å². The molecule has 158 valence electrons. The predicted octanol–water partition coefficient (Wildman–Crippen LogP) is 2.67. The van der Waals surface area contributed by atoms with E-state index in [-0.39, 0.29) is 23.8 Å². The van der Waals surface area contributed by atoms with Gasteiger partial charge >= 0.3 is 5.97 Å². The van der Waals surface area contributed by atoms with Gasteiger partial charge in [-0.3, -0.25) is 20.2 Å². The van der Waals surface area contributed by atoms with E-state index < -0.39 is 10.9 Å². The summed E-state index contributed by atoms with van der Waals surface area (Å²) in [5.41, 5.74) is 0.423. The van der Waals surface area contributed by atoms with Crippen LogP contribution in [-0.2, 0) is 4.74 Å². The van der Waals surface area contributed by atoms with Crippen molar-refractivity contribution in [3.8, 4) is 0 Å². The van der Waals surface area contributed by atoms with Crippen molar-refractivity contribution in [2.24, 2.45) is 0 Å². The molecule has 0 bridgehead atoms. The van der Waals surface area contributed by atoms with E-state index in [1.165, 1.54) is 23.5 Å². The van der Waals surface area contributed by atoms with Crippen LogP contribution in [0.25, 0.3) is 0 Å². The van der Waals surface area contributed by atoms with Gasteiger partial charge in [-0.2, -0.15) is 0 Å². The number of hydrogen-bond acceptors (Lipinski definition) is 8. The molecular weight excluding hydrogens is 428 g/mol. The SMILES string of the molecule is CCOC(=O)c1ccc(N2CCN(C(=S)NC(=O)c3cccs3)CC2)c([N+](=O)[O-])c1. The van der Waals surface area contributed by atoms with Crippen LogP contribution in [0, 0.1) is 10.1 Å². The van der Waals surface area contributed by atoms with E-state index in [0.29, 0.717) is 41.9 Å². The van der Waals surface area contributed by atoms with Gasteiger partial charge in [-0.05, 0) is 42.7 Å². The maximum absolute atomic E-state index is 12.2. The second-order valence-corrected chi connectivity index (χ2v) is 7.73. The van der Waals surface area contributed by atoms with E-state index in [2.05, 4.69) is 5.32 Å². The molecule has 3 rings (SSSR count). The minimum atomic E-state index is -0.594. The second-order valence-electron chi connectivity index (χ2n) is 6.39. The average Bonchev–Trinajstić information content (AvgIpc) is 3.28. The summed E-state index contributed by atoms with van der Waals surface area (Å²) in [4.78, 5) is 39.4. The quantitative estimate of drug-likeness (QED) is 0.322. The van der Waals surface area contributed by atoms with Gasteiger partial charge in [0.25, 0.3) is 11.6 Å². The molecule has 1 fully saturated rings. The zero-order valence-corrected chi connectivity index (χ0v) is 17.8. The lowest BCUT2D eigenvalue weighted by molar-refractivity contribution is -0.384. The van der Waals surface area contributed by atoms with Gasteiger partial charge in [-0.1, -0.05) is 6.07 Å². The Morgan fingerprint density at radius 1 is 1.27 bits per heavy atom. The molecule has 2 heterocycles. The average molecular weight is 449 g/mol. The van der Waals surface area contributed by atoms with Crippen molar-refractivity contribution in [1.29, 1.82) is 0 Å². The van der Waals surface area contributed by atoms with Crippen LogP contribution in [0.3, 0.4) is 0 Å². The number of nitrogens with one attached hydrogen (secondary N) is 1. The molecule has 11 heteroatoms. The fourth-order valence-electron chi connectivity index (χ4n) is 3.07. The van der Waals surface area contributed by atoms with Crippen molar-refractivity contribution in [3.05, 3.63) is 56.3 Å². The number of nitrogens with zero attached hydrogens (tertiary/aromatic N) is 3. The number of nitro benzene ring substituents is 1. The number of thiophene rings is 1. The molecule has 0 saturated carbocycles. The summed E-state index contributed by atoms with van der Waals surface area (Å²) in [7, 11) is 0. The number of carbonyl (C=O) groups is 2. The van der Waals surface area contributed by atoms with E-state index in [9.17, 15) is 19.7 Å². The largest absolute Gasteiger partial charge is 0.462 e. The minimum Gasteiger partial charge on any atom is -0.462 e. The van der Waals surface area contributed by atoms with Crippen LogP contribution in [0.5, 0.6) is 0 Å². The summed E-state index contributed by atoms with van der Waals surface area (Å²) in [5, 5.41) is 16.4. The summed E-state index contributed by atoms with van der Waals surface area (Å²) in [6, 6.07) is 7.85. The van der Waals surface area contributed by atoms with Crippen LogP contribution >= 0.6 is 23.6 Å². The molecule has 1 saturated heterocycles. The molecule has 0 aliphatic carbocycles. The third-order valence-electron chi connectivity index (χ3n) is 4.56. The molecule has 1 aliphatic rings. The van der Waals surface area contributed by atoms with E-state index >= 15 is 0 Å². The highest BCUT2D eigenvalue weighted by Crippen LogP contribution is 2.30. The molecular formula is C19H20N4O5S2. The van der Waals surface area contributed by atoms with Crippen LogP contribution in [0.1, 0.15) is 27.0 Å². The Balaban J connectivity index is 1.65. The highest BCUT2D eigenvalue weighted by atomic mass is 32.1. The summed E-state index contributed by atoms with van der Waals surface area (Å²) < 4.78 is 4.92. The van der Waals surface area contributed by atoms with Crippen LogP contribution in [0.2, 0.25) is 0 Å². The van der Waals surface area contributed by atoms with Gasteiger partial charge in [0, 0.05) is 32.2 Å². The molecule has 2 aromatic rings. The molecule has 1 amide bonds. The van der Waals surface area contributed by atoms with Gasteiger partial charge in [-0.15, -0.1) is 11.3 Å². The number of ether oxygens (including phenoxy) is 1. The van der Waals surface area contributed by atoms with Crippen LogP contribution in [-0.4, -0.2) is 59.6 Å². The monoisotopic (exact) mass is 448 g/mol. The van der Waals surface area contributed by atoms with Crippen molar-refractivity contribution in [2.75, 3.05) is 37.7 Å². The first kappa shape index (κ1) is 21.7. The summed E-state index contributed by atoms with van der Waals surface area (Å²) in [5.74, 6) is -0.841. The van der Waals surface area contributed by atoms with Crippen molar-refractivity contribution < 1.29 is 19.2 Å².